The molecule has 1 aliphatic heterocycles. The van der Waals surface area contributed by atoms with E-state index in [-0.39, 0.29) is 18.6 Å². The van der Waals surface area contributed by atoms with Crippen LogP contribution in [0.15, 0.2) is 0 Å². The van der Waals surface area contributed by atoms with Gasteiger partial charge in [-0.15, -0.1) is 0 Å². The van der Waals surface area contributed by atoms with Gasteiger partial charge in [-0.05, 0) is 38.0 Å². The molecular formula is C13H24N2O2. The van der Waals surface area contributed by atoms with Crippen molar-refractivity contribution in [2.45, 2.75) is 57.0 Å². The first-order valence-electron chi connectivity index (χ1n) is 6.89. The smallest absolute Gasteiger partial charge is 0.239 e. The van der Waals surface area contributed by atoms with Crippen molar-refractivity contribution in [3.8, 4) is 0 Å². The van der Waals surface area contributed by atoms with Crippen LogP contribution in [0, 0.1) is 5.92 Å². The van der Waals surface area contributed by atoms with Crippen molar-refractivity contribution in [1.82, 2.24) is 4.90 Å². The Hall–Kier alpha value is -0.610. The molecule has 4 nitrogen and oxygen atoms in total. The van der Waals surface area contributed by atoms with E-state index in [1.165, 1.54) is 12.8 Å². The van der Waals surface area contributed by atoms with Crippen LogP contribution < -0.4 is 5.73 Å². The summed E-state index contributed by atoms with van der Waals surface area (Å²) < 4.78 is 0. The second-order valence-corrected chi connectivity index (χ2v) is 5.48. The van der Waals surface area contributed by atoms with E-state index in [0.717, 1.165) is 38.6 Å². The van der Waals surface area contributed by atoms with E-state index in [0.29, 0.717) is 12.0 Å². The molecule has 0 aromatic heterocycles. The zero-order chi connectivity index (χ0) is 12.3. The molecule has 3 N–H and O–H groups in total. The molecule has 2 rings (SSSR count). The van der Waals surface area contributed by atoms with Crippen molar-refractivity contribution in [1.29, 1.82) is 0 Å². The van der Waals surface area contributed by atoms with E-state index in [2.05, 4.69) is 0 Å². The third-order valence-corrected chi connectivity index (χ3v) is 3.96. The Labute approximate surface area is 103 Å². The fraction of sp³-hybridized carbons (Fsp3) is 0.923. The van der Waals surface area contributed by atoms with Crippen molar-refractivity contribution >= 4 is 5.91 Å². The largest absolute Gasteiger partial charge is 0.396 e. The van der Waals surface area contributed by atoms with E-state index >= 15 is 0 Å². The third kappa shape index (κ3) is 3.42. The summed E-state index contributed by atoms with van der Waals surface area (Å²) in [6.07, 6.45) is 7.20. The van der Waals surface area contributed by atoms with Crippen LogP contribution in [0.1, 0.15) is 44.9 Å². The zero-order valence-corrected chi connectivity index (χ0v) is 10.5. The predicted molar refractivity (Wildman–Crippen MR) is 66.4 cm³/mol. The molecule has 1 saturated carbocycles. The molecule has 0 aromatic carbocycles. The summed E-state index contributed by atoms with van der Waals surface area (Å²) in [6.45, 7) is 1.07. The van der Waals surface area contributed by atoms with Gasteiger partial charge in [-0.2, -0.15) is 0 Å². The lowest BCUT2D eigenvalue weighted by atomic mass is 10.1. The Kier molecular flexibility index (Phi) is 4.40. The minimum absolute atomic E-state index is 0.136. The van der Waals surface area contributed by atoms with Crippen molar-refractivity contribution in [3.63, 3.8) is 0 Å². The monoisotopic (exact) mass is 240 g/mol. The molecule has 2 aliphatic rings. The first kappa shape index (κ1) is 12.8. The highest BCUT2D eigenvalue weighted by atomic mass is 16.3. The Bertz CT molecular complexity index is 266. The Balaban J connectivity index is 1.83. The molecular weight excluding hydrogens is 216 g/mol. The molecule has 0 spiro atoms. The first-order chi connectivity index (χ1) is 8.22. The standard InChI is InChI=1S/C13H24N2O2/c14-12(9-10-5-6-10)13(17)15-7-1-3-11(15)4-2-8-16/h10-12,16H,1-9,14H2/t11?,12-/m0/s1. The summed E-state index contributed by atoms with van der Waals surface area (Å²) in [5, 5.41) is 8.86. The lowest BCUT2D eigenvalue weighted by Gasteiger charge is -2.27. The van der Waals surface area contributed by atoms with Gasteiger partial charge in [-0.1, -0.05) is 12.8 Å². The second kappa shape index (κ2) is 5.83. The molecule has 98 valence electrons. The highest BCUT2D eigenvalue weighted by Crippen LogP contribution is 2.34. The van der Waals surface area contributed by atoms with Gasteiger partial charge in [-0.25, -0.2) is 0 Å². The van der Waals surface area contributed by atoms with Crippen molar-refractivity contribution in [3.05, 3.63) is 0 Å². The predicted octanol–water partition coefficient (Wildman–Crippen LogP) is 0.877. The van der Waals surface area contributed by atoms with Crippen LogP contribution >= 0.6 is 0 Å². The summed E-state index contributed by atoms with van der Waals surface area (Å²) in [5.41, 5.74) is 5.99. The van der Waals surface area contributed by atoms with Crippen LogP contribution in [0.3, 0.4) is 0 Å². The number of nitrogens with two attached hydrogens (primary N) is 1. The maximum atomic E-state index is 12.2. The molecule has 1 aliphatic carbocycles. The number of hydrogen-bond donors (Lipinski definition) is 2. The fourth-order valence-corrected chi connectivity index (χ4v) is 2.78. The summed E-state index contributed by atoms with van der Waals surface area (Å²) in [4.78, 5) is 14.2. The molecule has 17 heavy (non-hydrogen) atoms. The van der Waals surface area contributed by atoms with E-state index < -0.39 is 0 Å². The lowest BCUT2D eigenvalue weighted by molar-refractivity contribution is -0.133. The van der Waals surface area contributed by atoms with Gasteiger partial charge in [0.2, 0.25) is 5.91 Å². The minimum atomic E-state index is -0.294. The van der Waals surface area contributed by atoms with E-state index in [1.54, 1.807) is 0 Å². The number of carbonyl (C=O) groups is 1. The van der Waals surface area contributed by atoms with E-state index in [4.69, 9.17) is 10.8 Å². The van der Waals surface area contributed by atoms with Crippen molar-refractivity contribution < 1.29 is 9.90 Å². The molecule has 0 aromatic rings. The minimum Gasteiger partial charge on any atom is -0.396 e. The summed E-state index contributed by atoms with van der Waals surface area (Å²) >= 11 is 0. The number of aliphatic hydroxyl groups excluding tert-OH is 1. The Morgan fingerprint density at radius 1 is 1.41 bits per heavy atom. The van der Waals surface area contributed by atoms with Crippen LogP contribution in [-0.4, -0.2) is 41.1 Å². The first-order valence-corrected chi connectivity index (χ1v) is 6.89. The van der Waals surface area contributed by atoms with Crippen LogP contribution in [0.5, 0.6) is 0 Å². The maximum absolute atomic E-state index is 12.2. The Morgan fingerprint density at radius 3 is 2.82 bits per heavy atom. The molecule has 1 saturated heterocycles. The van der Waals surface area contributed by atoms with Crippen LogP contribution in [0.25, 0.3) is 0 Å². The SMILES string of the molecule is N[C@@H](CC1CC1)C(=O)N1CCCC1CCCO. The van der Waals surface area contributed by atoms with Gasteiger partial charge in [0.25, 0.3) is 0 Å². The second-order valence-electron chi connectivity index (χ2n) is 5.48. The summed E-state index contributed by atoms with van der Waals surface area (Å²) in [5.74, 6) is 0.838. The lowest BCUT2D eigenvalue weighted by Crippen LogP contribution is -2.46. The number of nitrogens with zero attached hydrogens (tertiary/aromatic N) is 1. The van der Waals surface area contributed by atoms with E-state index in [1.807, 2.05) is 4.90 Å². The Morgan fingerprint density at radius 2 is 2.18 bits per heavy atom. The van der Waals surface area contributed by atoms with Gasteiger partial charge in [0.1, 0.15) is 0 Å². The molecule has 0 bridgehead atoms. The van der Waals surface area contributed by atoms with Crippen molar-refractivity contribution in [2.75, 3.05) is 13.2 Å². The molecule has 1 amide bonds. The molecule has 0 radical (unpaired) electrons. The van der Waals surface area contributed by atoms with Gasteiger partial charge in [-0.3, -0.25) is 4.79 Å². The molecule has 4 heteroatoms. The van der Waals surface area contributed by atoms with Crippen LogP contribution in [0.2, 0.25) is 0 Å². The van der Waals surface area contributed by atoms with Gasteiger partial charge >= 0.3 is 0 Å². The molecule has 2 fully saturated rings. The molecule has 1 heterocycles. The number of hydrogen-bond acceptors (Lipinski definition) is 3. The number of likely N-dealkylation sites (tertiary alicyclic amines) is 1. The number of rotatable bonds is 6. The number of amides is 1. The van der Waals surface area contributed by atoms with Crippen LogP contribution in [-0.2, 0) is 4.79 Å². The highest BCUT2D eigenvalue weighted by molar-refractivity contribution is 5.82. The fourth-order valence-electron chi connectivity index (χ4n) is 2.78. The normalized spacial score (nSPS) is 26.2. The number of aliphatic hydroxyl groups is 1. The van der Waals surface area contributed by atoms with Gasteiger partial charge in [0.15, 0.2) is 0 Å². The van der Waals surface area contributed by atoms with Crippen molar-refractivity contribution in [2.24, 2.45) is 11.7 Å². The number of carbonyl (C=O) groups excluding carboxylic acids is 1. The maximum Gasteiger partial charge on any atom is 0.239 e. The third-order valence-electron chi connectivity index (χ3n) is 3.96. The van der Waals surface area contributed by atoms with Gasteiger partial charge in [0, 0.05) is 19.2 Å². The zero-order valence-electron chi connectivity index (χ0n) is 10.5. The summed E-state index contributed by atoms with van der Waals surface area (Å²) in [6, 6.07) is 0.0251. The highest BCUT2D eigenvalue weighted by Gasteiger charge is 2.34. The average Bonchev–Trinajstić information content (AvgIpc) is 3.01. The van der Waals surface area contributed by atoms with Gasteiger partial charge < -0.3 is 15.7 Å². The van der Waals surface area contributed by atoms with E-state index in [9.17, 15) is 4.79 Å². The molecule has 2 atom stereocenters. The average molecular weight is 240 g/mol. The summed E-state index contributed by atoms with van der Waals surface area (Å²) in [7, 11) is 0. The van der Waals surface area contributed by atoms with Crippen LogP contribution in [0.4, 0.5) is 0 Å². The quantitative estimate of drug-likeness (QED) is 0.724. The topological polar surface area (TPSA) is 66.6 Å². The van der Waals surface area contributed by atoms with Gasteiger partial charge in [0.05, 0.1) is 6.04 Å². The molecule has 1 unspecified atom stereocenters.